The van der Waals surface area contributed by atoms with Crippen molar-refractivity contribution in [3.05, 3.63) is 53.2 Å². The van der Waals surface area contributed by atoms with E-state index in [1.165, 1.54) is 27.8 Å². The first kappa shape index (κ1) is 22.2. The minimum absolute atomic E-state index is 0.0700. The lowest BCUT2D eigenvalue weighted by atomic mass is 10.2. The number of nitrogens with zero attached hydrogens (tertiary/aromatic N) is 2. The van der Waals surface area contributed by atoms with Gasteiger partial charge in [-0.1, -0.05) is 19.4 Å². The Labute approximate surface area is 180 Å². The number of aryl methyl sites for hydroxylation is 1. The molecular formula is C21H25N3O4S2. The van der Waals surface area contributed by atoms with E-state index in [1.54, 1.807) is 26.1 Å². The first-order valence-corrected chi connectivity index (χ1v) is 12.0. The largest absolute Gasteiger partial charge is 0.440 e. The molecule has 0 bridgehead atoms. The number of aromatic nitrogens is 1. The summed E-state index contributed by atoms with van der Waals surface area (Å²) >= 11 is 1.52. The van der Waals surface area contributed by atoms with E-state index in [2.05, 4.69) is 10.3 Å². The molecule has 2 aromatic heterocycles. The number of thiophene rings is 1. The van der Waals surface area contributed by atoms with Gasteiger partial charge in [-0.3, -0.25) is 4.79 Å². The van der Waals surface area contributed by atoms with Gasteiger partial charge in [0.25, 0.3) is 0 Å². The number of carbonyl (C=O) groups is 1. The average molecular weight is 448 g/mol. The number of sulfonamides is 1. The fraction of sp³-hybridized carbons (Fsp3) is 0.333. The summed E-state index contributed by atoms with van der Waals surface area (Å²) in [6.45, 7) is 4.27. The Morgan fingerprint density at radius 2 is 1.97 bits per heavy atom. The molecule has 0 fully saturated rings. The zero-order valence-corrected chi connectivity index (χ0v) is 18.8. The molecule has 160 valence electrons. The van der Waals surface area contributed by atoms with Crippen LogP contribution in [0.3, 0.4) is 0 Å². The van der Waals surface area contributed by atoms with Gasteiger partial charge in [0.15, 0.2) is 0 Å². The molecular weight excluding hydrogens is 422 g/mol. The number of hydrogen-bond donors (Lipinski definition) is 1. The van der Waals surface area contributed by atoms with Crippen molar-refractivity contribution in [1.82, 2.24) is 9.29 Å². The quantitative estimate of drug-likeness (QED) is 0.528. The maximum atomic E-state index is 12.6. The van der Waals surface area contributed by atoms with E-state index in [9.17, 15) is 13.2 Å². The van der Waals surface area contributed by atoms with E-state index in [0.29, 0.717) is 29.6 Å². The number of benzene rings is 1. The van der Waals surface area contributed by atoms with Crippen molar-refractivity contribution in [2.75, 3.05) is 18.9 Å². The summed E-state index contributed by atoms with van der Waals surface area (Å²) in [5, 5.41) is 4.71. The number of amides is 1. The molecule has 1 amide bonds. The van der Waals surface area contributed by atoms with Crippen molar-refractivity contribution in [3.8, 4) is 10.8 Å². The van der Waals surface area contributed by atoms with Gasteiger partial charge >= 0.3 is 0 Å². The Balaban J connectivity index is 1.64. The van der Waals surface area contributed by atoms with E-state index in [-0.39, 0.29) is 17.2 Å². The summed E-state index contributed by atoms with van der Waals surface area (Å²) in [5.41, 5.74) is 1.10. The van der Waals surface area contributed by atoms with Crippen LogP contribution in [-0.4, -0.2) is 37.2 Å². The second-order valence-corrected chi connectivity index (χ2v) is 9.92. The zero-order valence-electron chi connectivity index (χ0n) is 17.2. The summed E-state index contributed by atoms with van der Waals surface area (Å²) in [6.07, 6.45) is 1.80. The molecule has 3 rings (SSSR count). The fourth-order valence-corrected chi connectivity index (χ4v) is 4.70. The number of hydrogen-bond acceptors (Lipinski definition) is 6. The van der Waals surface area contributed by atoms with Gasteiger partial charge in [-0.05, 0) is 49.1 Å². The van der Waals surface area contributed by atoms with Crippen molar-refractivity contribution in [3.63, 3.8) is 0 Å². The highest BCUT2D eigenvalue weighted by Crippen LogP contribution is 2.26. The molecule has 3 aromatic rings. The molecule has 30 heavy (non-hydrogen) atoms. The summed E-state index contributed by atoms with van der Waals surface area (Å²) in [7, 11) is -1.96. The van der Waals surface area contributed by atoms with Gasteiger partial charge in [-0.15, -0.1) is 11.3 Å². The molecule has 0 aliphatic heterocycles. The van der Waals surface area contributed by atoms with Crippen LogP contribution in [0.1, 0.15) is 31.2 Å². The van der Waals surface area contributed by atoms with Crippen LogP contribution in [0.4, 0.5) is 5.69 Å². The standard InChI is InChI=1S/C21H25N3O4S2/c1-4-5-12-24(3)30(26,27)17-10-8-16(9-11-17)22-20(25)14-18-15(2)28-21(23-18)19-7-6-13-29-19/h6-11,13H,4-5,12,14H2,1-3H3,(H,22,25). The lowest BCUT2D eigenvalue weighted by Crippen LogP contribution is -2.27. The predicted molar refractivity (Wildman–Crippen MR) is 118 cm³/mol. The molecule has 0 aliphatic rings. The lowest BCUT2D eigenvalue weighted by Gasteiger charge is -2.17. The van der Waals surface area contributed by atoms with Gasteiger partial charge in [0.1, 0.15) is 5.76 Å². The SMILES string of the molecule is CCCCN(C)S(=O)(=O)c1ccc(NC(=O)Cc2nc(-c3cccs3)oc2C)cc1. The lowest BCUT2D eigenvalue weighted by molar-refractivity contribution is -0.115. The van der Waals surface area contributed by atoms with Gasteiger partial charge in [0, 0.05) is 19.3 Å². The van der Waals surface area contributed by atoms with Crippen LogP contribution in [0, 0.1) is 6.92 Å². The Morgan fingerprint density at radius 3 is 2.60 bits per heavy atom. The molecule has 2 heterocycles. The highest BCUT2D eigenvalue weighted by Gasteiger charge is 2.20. The Morgan fingerprint density at radius 1 is 1.23 bits per heavy atom. The Hall–Kier alpha value is -2.49. The van der Waals surface area contributed by atoms with Crippen LogP contribution in [0.25, 0.3) is 10.8 Å². The van der Waals surface area contributed by atoms with Gasteiger partial charge in [-0.2, -0.15) is 0 Å². The minimum Gasteiger partial charge on any atom is -0.440 e. The van der Waals surface area contributed by atoms with Crippen LogP contribution in [0.5, 0.6) is 0 Å². The monoisotopic (exact) mass is 447 g/mol. The molecule has 1 N–H and O–H groups in total. The number of anilines is 1. The zero-order chi connectivity index (χ0) is 21.7. The van der Waals surface area contributed by atoms with Crippen molar-refractivity contribution < 1.29 is 17.6 Å². The number of nitrogens with one attached hydrogen (secondary N) is 1. The fourth-order valence-electron chi connectivity index (χ4n) is 2.85. The van der Waals surface area contributed by atoms with Crippen LogP contribution < -0.4 is 5.32 Å². The van der Waals surface area contributed by atoms with Crippen molar-refractivity contribution >= 4 is 33.0 Å². The second kappa shape index (κ2) is 9.55. The third-order valence-electron chi connectivity index (χ3n) is 4.63. The molecule has 7 nitrogen and oxygen atoms in total. The van der Waals surface area contributed by atoms with Gasteiger partial charge in [0.2, 0.25) is 21.8 Å². The number of rotatable bonds is 9. The third kappa shape index (κ3) is 5.16. The third-order valence-corrected chi connectivity index (χ3v) is 7.35. The predicted octanol–water partition coefficient (Wildman–Crippen LogP) is 4.31. The molecule has 0 radical (unpaired) electrons. The van der Waals surface area contributed by atoms with E-state index in [0.717, 1.165) is 17.7 Å². The molecule has 0 atom stereocenters. The molecule has 0 unspecified atom stereocenters. The summed E-state index contributed by atoms with van der Waals surface area (Å²) in [4.78, 5) is 18.0. The summed E-state index contributed by atoms with van der Waals surface area (Å²) in [6, 6.07) is 10.0. The smallest absolute Gasteiger partial charge is 0.242 e. The molecule has 1 aromatic carbocycles. The van der Waals surface area contributed by atoms with E-state index >= 15 is 0 Å². The number of carbonyl (C=O) groups excluding carboxylic acids is 1. The molecule has 0 saturated carbocycles. The van der Waals surface area contributed by atoms with Crippen LogP contribution >= 0.6 is 11.3 Å². The van der Waals surface area contributed by atoms with Gasteiger partial charge in [0.05, 0.1) is 21.9 Å². The van der Waals surface area contributed by atoms with Crippen LogP contribution in [-0.2, 0) is 21.2 Å². The van der Waals surface area contributed by atoms with Gasteiger partial charge in [-0.25, -0.2) is 17.7 Å². The van der Waals surface area contributed by atoms with E-state index in [1.807, 2.05) is 24.4 Å². The Kier molecular flexibility index (Phi) is 7.06. The first-order valence-electron chi connectivity index (χ1n) is 9.67. The van der Waals surface area contributed by atoms with Crippen molar-refractivity contribution in [1.29, 1.82) is 0 Å². The molecule has 9 heteroatoms. The maximum Gasteiger partial charge on any atom is 0.242 e. The second-order valence-electron chi connectivity index (χ2n) is 6.93. The summed E-state index contributed by atoms with van der Waals surface area (Å²) < 4.78 is 32.2. The number of unbranched alkanes of at least 4 members (excludes halogenated alkanes) is 1. The number of oxazole rings is 1. The van der Waals surface area contributed by atoms with E-state index in [4.69, 9.17) is 4.42 Å². The summed E-state index contributed by atoms with van der Waals surface area (Å²) in [5.74, 6) is 0.858. The van der Waals surface area contributed by atoms with E-state index < -0.39 is 10.0 Å². The molecule has 0 spiro atoms. The molecule has 0 saturated heterocycles. The maximum absolute atomic E-state index is 12.6. The first-order chi connectivity index (χ1) is 14.3. The normalized spacial score (nSPS) is 11.7. The Bertz CT molecular complexity index is 1090. The average Bonchev–Trinajstić information content (AvgIpc) is 3.37. The highest BCUT2D eigenvalue weighted by molar-refractivity contribution is 7.89. The van der Waals surface area contributed by atoms with Crippen LogP contribution in [0.15, 0.2) is 51.1 Å². The van der Waals surface area contributed by atoms with Crippen molar-refractivity contribution in [2.45, 2.75) is 38.0 Å². The van der Waals surface area contributed by atoms with Gasteiger partial charge < -0.3 is 9.73 Å². The topological polar surface area (TPSA) is 92.5 Å². The minimum atomic E-state index is -3.53. The van der Waals surface area contributed by atoms with Crippen molar-refractivity contribution in [2.24, 2.45) is 0 Å². The van der Waals surface area contributed by atoms with Crippen LogP contribution in [0.2, 0.25) is 0 Å². The highest BCUT2D eigenvalue weighted by atomic mass is 32.2. The molecule has 0 aliphatic carbocycles.